The number of hydrogen-bond donors (Lipinski definition) is 0. The van der Waals surface area contributed by atoms with Crippen LogP contribution < -0.4 is 0 Å². The molecule has 0 heterocycles. The second kappa shape index (κ2) is 5.22. The predicted molar refractivity (Wildman–Crippen MR) is 73.3 cm³/mol. The van der Waals surface area contributed by atoms with E-state index in [1.54, 1.807) is 0 Å². The molecule has 1 unspecified atom stereocenters. The lowest BCUT2D eigenvalue weighted by atomic mass is 10.0. The lowest BCUT2D eigenvalue weighted by Gasteiger charge is -2.10. The predicted octanol–water partition coefficient (Wildman–Crippen LogP) is 5.43. The summed E-state index contributed by atoms with van der Waals surface area (Å²) in [7, 11) is 0. The van der Waals surface area contributed by atoms with Crippen molar-refractivity contribution in [2.45, 2.75) is 5.38 Å². The Balaban J connectivity index is 2.28. The molecule has 0 aliphatic rings. The molecule has 0 radical (unpaired) electrons. The molecule has 1 atom stereocenters. The van der Waals surface area contributed by atoms with Gasteiger partial charge in [0.2, 0.25) is 0 Å². The van der Waals surface area contributed by atoms with Crippen LogP contribution in [0.25, 0.3) is 0 Å². The quantitative estimate of drug-likeness (QED) is 0.648. The first-order chi connectivity index (χ1) is 7.66. The number of benzene rings is 2. The van der Waals surface area contributed by atoms with Crippen LogP contribution in [0, 0.1) is 0 Å². The standard InChI is InChI=1S/C13H9BrCl2/c14-11-5-1-9(2-6-11)13(16)10-3-7-12(15)8-4-10/h1-8,13H. The van der Waals surface area contributed by atoms with Gasteiger partial charge in [0.25, 0.3) is 0 Å². The summed E-state index contributed by atoms with van der Waals surface area (Å²) in [5, 5.41) is 0.591. The Hall–Kier alpha value is -0.500. The molecule has 0 nitrogen and oxygen atoms in total. The van der Waals surface area contributed by atoms with Gasteiger partial charge in [-0.1, -0.05) is 51.8 Å². The Labute approximate surface area is 113 Å². The summed E-state index contributed by atoms with van der Waals surface area (Å²) in [6, 6.07) is 15.6. The number of hydrogen-bond acceptors (Lipinski definition) is 0. The molecule has 16 heavy (non-hydrogen) atoms. The summed E-state index contributed by atoms with van der Waals surface area (Å²) >= 11 is 15.6. The Morgan fingerprint density at radius 1 is 0.812 bits per heavy atom. The third-order valence-electron chi connectivity index (χ3n) is 2.33. The van der Waals surface area contributed by atoms with Gasteiger partial charge in [-0.3, -0.25) is 0 Å². The largest absolute Gasteiger partial charge is 0.113 e. The minimum atomic E-state index is -0.134. The second-order valence-electron chi connectivity index (χ2n) is 3.47. The summed E-state index contributed by atoms with van der Waals surface area (Å²) in [5.74, 6) is 0. The third-order valence-corrected chi connectivity index (χ3v) is 3.61. The molecule has 0 saturated heterocycles. The van der Waals surface area contributed by atoms with Gasteiger partial charge >= 0.3 is 0 Å². The first-order valence-corrected chi connectivity index (χ1v) is 6.42. The van der Waals surface area contributed by atoms with Gasteiger partial charge in [-0.25, -0.2) is 0 Å². The second-order valence-corrected chi connectivity index (χ2v) is 5.25. The van der Waals surface area contributed by atoms with Gasteiger partial charge in [-0.05, 0) is 35.4 Å². The highest BCUT2D eigenvalue weighted by Gasteiger charge is 2.09. The molecule has 2 aromatic rings. The molecule has 0 saturated carbocycles. The van der Waals surface area contributed by atoms with Crippen molar-refractivity contribution in [1.82, 2.24) is 0 Å². The van der Waals surface area contributed by atoms with Gasteiger partial charge in [0, 0.05) is 9.50 Å². The zero-order valence-corrected chi connectivity index (χ0v) is 11.4. The lowest BCUT2D eigenvalue weighted by Crippen LogP contribution is -1.92. The Morgan fingerprint density at radius 2 is 1.25 bits per heavy atom. The van der Waals surface area contributed by atoms with E-state index < -0.39 is 0 Å². The van der Waals surface area contributed by atoms with E-state index in [0.29, 0.717) is 0 Å². The number of halogens is 3. The van der Waals surface area contributed by atoms with E-state index in [0.717, 1.165) is 20.6 Å². The van der Waals surface area contributed by atoms with Crippen LogP contribution in [-0.4, -0.2) is 0 Å². The van der Waals surface area contributed by atoms with Crippen molar-refractivity contribution in [3.8, 4) is 0 Å². The molecule has 0 aliphatic carbocycles. The number of rotatable bonds is 2. The molecule has 0 N–H and O–H groups in total. The van der Waals surface area contributed by atoms with E-state index in [2.05, 4.69) is 15.9 Å². The van der Waals surface area contributed by atoms with E-state index >= 15 is 0 Å². The average Bonchev–Trinajstić information content (AvgIpc) is 2.30. The fraction of sp³-hybridized carbons (Fsp3) is 0.0769. The molecule has 2 aromatic carbocycles. The molecule has 0 aliphatic heterocycles. The number of alkyl halides is 1. The van der Waals surface area contributed by atoms with Gasteiger partial charge in [0.05, 0.1) is 5.38 Å². The summed E-state index contributed by atoms with van der Waals surface area (Å²) in [5.41, 5.74) is 2.13. The topological polar surface area (TPSA) is 0 Å². The van der Waals surface area contributed by atoms with Crippen LogP contribution in [-0.2, 0) is 0 Å². The average molecular weight is 316 g/mol. The molecular formula is C13H9BrCl2. The van der Waals surface area contributed by atoms with Gasteiger partial charge < -0.3 is 0 Å². The summed E-state index contributed by atoms with van der Waals surface area (Å²) in [4.78, 5) is 0. The first kappa shape index (κ1) is 12.0. The van der Waals surface area contributed by atoms with Gasteiger partial charge in [0.1, 0.15) is 0 Å². The maximum Gasteiger partial charge on any atom is 0.0835 e. The SMILES string of the molecule is Clc1ccc(C(Cl)c2ccc(Br)cc2)cc1. The van der Waals surface area contributed by atoms with Crippen molar-refractivity contribution in [3.63, 3.8) is 0 Å². The highest BCUT2D eigenvalue weighted by atomic mass is 79.9. The minimum absolute atomic E-state index is 0.134. The van der Waals surface area contributed by atoms with Gasteiger partial charge in [0.15, 0.2) is 0 Å². The maximum atomic E-state index is 6.38. The van der Waals surface area contributed by atoms with Crippen LogP contribution >= 0.6 is 39.1 Å². The van der Waals surface area contributed by atoms with E-state index in [9.17, 15) is 0 Å². The molecule has 0 amide bonds. The van der Waals surface area contributed by atoms with Crippen LogP contribution in [0.3, 0.4) is 0 Å². The lowest BCUT2D eigenvalue weighted by molar-refractivity contribution is 1.14. The molecular weight excluding hydrogens is 307 g/mol. The monoisotopic (exact) mass is 314 g/mol. The van der Waals surface area contributed by atoms with Crippen molar-refractivity contribution in [2.75, 3.05) is 0 Å². The van der Waals surface area contributed by atoms with E-state index in [1.807, 2.05) is 48.5 Å². The van der Waals surface area contributed by atoms with Crippen LogP contribution in [0.15, 0.2) is 53.0 Å². The highest BCUT2D eigenvalue weighted by Crippen LogP contribution is 2.30. The van der Waals surface area contributed by atoms with Crippen molar-refractivity contribution in [3.05, 3.63) is 69.2 Å². The molecule has 0 spiro atoms. The molecule has 2 rings (SSSR count). The normalized spacial score (nSPS) is 12.4. The van der Waals surface area contributed by atoms with Crippen LogP contribution in [0.4, 0.5) is 0 Å². The molecule has 0 fully saturated rings. The Kier molecular flexibility index (Phi) is 3.91. The Morgan fingerprint density at radius 3 is 1.75 bits per heavy atom. The van der Waals surface area contributed by atoms with Gasteiger partial charge in [-0.2, -0.15) is 0 Å². The fourth-order valence-electron chi connectivity index (χ4n) is 1.46. The smallest absolute Gasteiger partial charge is 0.0835 e. The summed E-state index contributed by atoms with van der Waals surface area (Å²) < 4.78 is 1.05. The zero-order chi connectivity index (χ0) is 11.5. The minimum Gasteiger partial charge on any atom is -0.113 e. The molecule has 0 bridgehead atoms. The molecule has 3 heteroatoms. The van der Waals surface area contributed by atoms with Crippen molar-refractivity contribution < 1.29 is 0 Å². The van der Waals surface area contributed by atoms with E-state index in [4.69, 9.17) is 23.2 Å². The molecule has 82 valence electrons. The maximum absolute atomic E-state index is 6.38. The highest BCUT2D eigenvalue weighted by molar-refractivity contribution is 9.10. The van der Waals surface area contributed by atoms with E-state index in [-0.39, 0.29) is 5.38 Å². The summed E-state index contributed by atoms with van der Waals surface area (Å²) in [6.45, 7) is 0. The van der Waals surface area contributed by atoms with Crippen LogP contribution in [0.2, 0.25) is 5.02 Å². The molecule has 0 aromatic heterocycles. The van der Waals surface area contributed by atoms with E-state index in [1.165, 1.54) is 0 Å². The summed E-state index contributed by atoms with van der Waals surface area (Å²) in [6.07, 6.45) is 0. The Bertz CT molecular complexity index is 417. The third kappa shape index (κ3) is 2.79. The van der Waals surface area contributed by atoms with Crippen molar-refractivity contribution in [1.29, 1.82) is 0 Å². The van der Waals surface area contributed by atoms with Crippen molar-refractivity contribution >= 4 is 39.1 Å². The zero-order valence-electron chi connectivity index (χ0n) is 8.33. The fourth-order valence-corrected chi connectivity index (χ4v) is 2.14. The van der Waals surface area contributed by atoms with Gasteiger partial charge in [-0.15, -0.1) is 11.6 Å². The van der Waals surface area contributed by atoms with Crippen molar-refractivity contribution in [2.24, 2.45) is 0 Å². The first-order valence-electron chi connectivity index (χ1n) is 4.82. The van der Waals surface area contributed by atoms with Crippen LogP contribution in [0.5, 0.6) is 0 Å². The van der Waals surface area contributed by atoms with Crippen LogP contribution in [0.1, 0.15) is 16.5 Å².